The van der Waals surface area contributed by atoms with E-state index in [9.17, 15) is 4.79 Å². The lowest BCUT2D eigenvalue weighted by Gasteiger charge is -2.30. The zero-order valence-corrected chi connectivity index (χ0v) is 20.3. The third kappa shape index (κ3) is 5.92. The summed E-state index contributed by atoms with van der Waals surface area (Å²) in [6.45, 7) is 8.38. The van der Waals surface area contributed by atoms with Crippen molar-refractivity contribution in [2.24, 2.45) is 5.92 Å². The normalized spacial score (nSPS) is 14.8. The minimum Gasteiger partial charge on any atom is -0.467 e. The fraction of sp³-hybridized carbons (Fsp3) is 0.500. The molecule has 3 aromatic rings. The summed E-state index contributed by atoms with van der Waals surface area (Å²) >= 11 is 2.96. The molecule has 0 saturated carbocycles. The third-order valence-corrected chi connectivity index (χ3v) is 7.24. The molecule has 1 saturated heterocycles. The lowest BCUT2D eigenvalue weighted by molar-refractivity contribution is -0.129. The van der Waals surface area contributed by atoms with Crippen LogP contribution < -0.4 is 0 Å². The molecule has 1 fully saturated rings. The van der Waals surface area contributed by atoms with Crippen LogP contribution in [0.3, 0.4) is 0 Å². The van der Waals surface area contributed by atoms with Gasteiger partial charge in [-0.1, -0.05) is 30.4 Å². The van der Waals surface area contributed by atoms with E-state index in [4.69, 9.17) is 4.42 Å². The van der Waals surface area contributed by atoms with Crippen LogP contribution in [0, 0.1) is 19.8 Å². The number of amides is 1. The number of aromatic nitrogens is 5. The molecule has 170 valence electrons. The SMILES string of the molecule is Cc1cc(C)nc(SCc2nnc(SCC(=O)N3CCC(C)CC3)n2Cc2ccco2)n1. The van der Waals surface area contributed by atoms with Gasteiger partial charge in [0.2, 0.25) is 5.91 Å². The molecule has 4 heterocycles. The van der Waals surface area contributed by atoms with Crippen molar-refractivity contribution in [1.82, 2.24) is 29.6 Å². The van der Waals surface area contributed by atoms with Gasteiger partial charge in [0.05, 0.1) is 24.3 Å². The zero-order valence-electron chi connectivity index (χ0n) is 18.7. The summed E-state index contributed by atoms with van der Waals surface area (Å²) in [4.78, 5) is 23.7. The predicted molar refractivity (Wildman–Crippen MR) is 125 cm³/mol. The van der Waals surface area contributed by atoms with Gasteiger partial charge in [-0.15, -0.1) is 10.2 Å². The van der Waals surface area contributed by atoms with E-state index in [2.05, 4.69) is 27.1 Å². The minimum absolute atomic E-state index is 0.161. The van der Waals surface area contributed by atoms with Gasteiger partial charge in [-0.2, -0.15) is 0 Å². The fourth-order valence-electron chi connectivity index (χ4n) is 3.61. The highest BCUT2D eigenvalue weighted by Gasteiger charge is 2.22. The molecule has 0 aliphatic carbocycles. The van der Waals surface area contributed by atoms with Crippen molar-refractivity contribution in [2.45, 2.75) is 56.2 Å². The number of thioether (sulfide) groups is 2. The van der Waals surface area contributed by atoms with E-state index in [1.165, 1.54) is 23.5 Å². The van der Waals surface area contributed by atoms with Crippen LogP contribution in [-0.4, -0.2) is 54.4 Å². The van der Waals surface area contributed by atoms with Gasteiger partial charge in [0.1, 0.15) is 11.6 Å². The van der Waals surface area contributed by atoms with Crippen LogP contribution in [0.1, 0.15) is 42.7 Å². The van der Waals surface area contributed by atoms with E-state index in [1.807, 2.05) is 41.5 Å². The Bertz CT molecular complexity index is 1020. The first kappa shape index (κ1) is 22.8. The van der Waals surface area contributed by atoms with Gasteiger partial charge in [-0.25, -0.2) is 9.97 Å². The Labute approximate surface area is 196 Å². The summed E-state index contributed by atoms with van der Waals surface area (Å²) in [5.74, 6) is 3.42. The minimum atomic E-state index is 0.161. The van der Waals surface area contributed by atoms with Gasteiger partial charge in [0.25, 0.3) is 0 Å². The molecule has 8 nitrogen and oxygen atoms in total. The number of carbonyl (C=O) groups excluding carboxylic acids is 1. The van der Waals surface area contributed by atoms with Crippen LogP contribution in [0.4, 0.5) is 0 Å². The lowest BCUT2D eigenvalue weighted by Crippen LogP contribution is -2.38. The van der Waals surface area contributed by atoms with E-state index in [-0.39, 0.29) is 5.91 Å². The number of piperidine rings is 1. The number of aryl methyl sites for hydroxylation is 2. The number of furan rings is 1. The van der Waals surface area contributed by atoms with Gasteiger partial charge >= 0.3 is 0 Å². The molecule has 1 amide bonds. The average Bonchev–Trinajstić information content (AvgIpc) is 3.41. The van der Waals surface area contributed by atoms with Crippen molar-refractivity contribution in [3.63, 3.8) is 0 Å². The quantitative estimate of drug-likeness (QED) is 0.359. The highest BCUT2D eigenvalue weighted by atomic mass is 32.2. The van der Waals surface area contributed by atoms with Crippen LogP contribution in [0.2, 0.25) is 0 Å². The molecule has 0 atom stereocenters. The fourth-order valence-corrected chi connectivity index (χ4v) is 5.36. The Morgan fingerprint density at radius 1 is 1.16 bits per heavy atom. The average molecular weight is 473 g/mol. The van der Waals surface area contributed by atoms with Crippen LogP contribution in [-0.2, 0) is 17.1 Å². The largest absolute Gasteiger partial charge is 0.467 e. The van der Waals surface area contributed by atoms with Gasteiger partial charge in [0.15, 0.2) is 10.3 Å². The van der Waals surface area contributed by atoms with Crippen molar-refractivity contribution >= 4 is 29.4 Å². The van der Waals surface area contributed by atoms with Crippen molar-refractivity contribution in [3.05, 3.63) is 47.4 Å². The Morgan fingerprint density at radius 2 is 1.91 bits per heavy atom. The van der Waals surface area contributed by atoms with Gasteiger partial charge < -0.3 is 9.32 Å². The highest BCUT2D eigenvalue weighted by molar-refractivity contribution is 7.99. The molecule has 1 aliphatic rings. The van der Waals surface area contributed by atoms with Crippen molar-refractivity contribution in [3.8, 4) is 0 Å². The van der Waals surface area contributed by atoms with Gasteiger partial charge in [0, 0.05) is 24.5 Å². The molecule has 4 rings (SSSR count). The standard InChI is InChI=1S/C22H28N6O2S2/c1-15-6-8-27(9-7-15)20(29)14-32-22-26-25-19(28(22)12-18-5-4-10-30-18)13-31-21-23-16(2)11-17(3)24-21/h4-5,10-11,15H,6-9,12-14H2,1-3H3. The summed E-state index contributed by atoms with van der Waals surface area (Å²) in [6.07, 6.45) is 3.81. The number of carbonyl (C=O) groups is 1. The van der Waals surface area contributed by atoms with E-state index in [0.29, 0.717) is 24.0 Å². The molecule has 10 heteroatoms. The van der Waals surface area contributed by atoms with Crippen LogP contribution in [0.25, 0.3) is 0 Å². The summed E-state index contributed by atoms with van der Waals surface area (Å²) in [5.41, 5.74) is 1.89. The number of nitrogens with zero attached hydrogens (tertiary/aromatic N) is 6. The summed E-state index contributed by atoms with van der Waals surface area (Å²) in [6, 6.07) is 5.75. The maximum absolute atomic E-state index is 12.7. The number of hydrogen-bond acceptors (Lipinski definition) is 8. The van der Waals surface area contributed by atoms with E-state index in [0.717, 1.165) is 59.2 Å². The molecule has 1 aliphatic heterocycles. The number of likely N-dealkylation sites (tertiary alicyclic amines) is 1. The molecule has 32 heavy (non-hydrogen) atoms. The molecule has 0 bridgehead atoms. The van der Waals surface area contributed by atoms with Gasteiger partial charge in [-0.3, -0.25) is 9.36 Å². The molecule has 0 radical (unpaired) electrons. The second-order valence-electron chi connectivity index (χ2n) is 8.14. The maximum atomic E-state index is 12.7. The smallest absolute Gasteiger partial charge is 0.233 e. The van der Waals surface area contributed by atoms with Crippen LogP contribution in [0.15, 0.2) is 39.2 Å². The Kier molecular flexibility index (Phi) is 7.51. The molecular formula is C22H28N6O2S2. The predicted octanol–water partition coefficient (Wildman–Crippen LogP) is 3.97. The summed E-state index contributed by atoms with van der Waals surface area (Å²) in [5, 5.41) is 10.2. The van der Waals surface area contributed by atoms with Crippen molar-refractivity contribution in [1.29, 1.82) is 0 Å². The topological polar surface area (TPSA) is 89.9 Å². The highest BCUT2D eigenvalue weighted by Crippen LogP contribution is 2.25. The van der Waals surface area contributed by atoms with Crippen LogP contribution >= 0.6 is 23.5 Å². The number of hydrogen-bond donors (Lipinski definition) is 0. The number of rotatable bonds is 8. The monoisotopic (exact) mass is 472 g/mol. The Balaban J connectivity index is 1.45. The summed E-state index contributed by atoms with van der Waals surface area (Å²) < 4.78 is 7.57. The van der Waals surface area contributed by atoms with Crippen molar-refractivity contribution < 1.29 is 9.21 Å². The molecule has 3 aromatic heterocycles. The van der Waals surface area contributed by atoms with E-state index in [1.54, 1.807) is 6.26 Å². The van der Waals surface area contributed by atoms with E-state index < -0.39 is 0 Å². The summed E-state index contributed by atoms with van der Waals surface area (Å²) in [7, 11) is 0. The molecular weight excluding hydrogens is 444 g/mol. The lowest BCUT2D eigenvalue weighted by atomic mass is 9.99. The second kappa shape index (κ2) is 10.5. The van der Waals surface area contributed by atoms with Crippen LogP contribution in [0.5, 0.6) is 0 Å². The second-order valence-corrected chi connectivity index (χ2v) is 10.0. The molecule has 0 unspecified atom stereocenters. The first-order valence-corrected chi connectivity index (χ1v) is 12.7. The van der Waals surface area contributed by atoms with E-state index >= 15 is 0 Å². The maximum Gasteiger partial charge on any atom is 0.233 e. The van der Waals surface area contributed by atoms with Gasteiger partial charge in [-0.05, 0) is 50.8 Å². The Morgan fingerprint density at radius 3 is 2.59 bits per heavy atom. The molecule has 0 aromatic carbocycles. The molecule has 0 N–H and O–H groups in total. The molecule has 0 spiro atoms. The Hall–Kier alpha value is -2.33. The third-order valence-electron chi connectivity index (χ3n) is 5.44. The zero-order chi connectivity index (χ0) is 22.5. The van der Waals surface area contributed by atoms with Crippen molar-refractivity contribution in [2.75, 3.05) is 18.8 Å². The first-order chi connectivity index (χ1) is 15.5. The first-order valence-electron chi connectivity index (χ1n) is 10.8.